The van der Waals surface area contributed by atoms with E-state index in [0.29, 0.717) is 17.9 Å². The van der Waals surface area contributed by atoms with Crippen LogP contribution in [-0.2, 0) is 0 Å². The number of nitrogens with two attached hydrogens (primary N) is 2. The van der Waals surface area contributed by atoms with Crippen LogP contribution in [-0.4, -0.2) is 12.0 Å². The van der Waals surface area contributed by atoms with E-state index < -0.39 is 0 Å². The van der Waals surface area contributed by atoms with Crippen LogP contribution in [0.1, 0.15) is 39.0 Å². The number of nitrogens with one attached hydrogen (secondary N) is 1. The Kier molecular flexibility index (Phi) is 4.02. The molecule has 0 heterocycles. The molecule has 0 spiro atoms. The molecule has 4 nitrogen and oxygen atoms in total. The lowest BCUT2D eigenvalue weighted by Crippen LogP contribution is -2.38. The second-order valence-corrected chi connectivity index (χ2v) is 3.84. The molecule has 0 amide bonds. The van der Waals surface area contributed by atoms with Gasteiger partial charge in [-0.3, -0.25) is 5.43 Å². The van der Waals surface area contributed by atoms with E-state index in [1.807, 2.05) is 0 Å². The fourth-order valence-corrected chi connectivity index (χ4v) is 1.88. The molecule has 1 aliphatic carbocycles. The molecule has 1 rings (SSSR count). The highest BCUT2D eigenvalue weighted by Gasteiger charge is 2.18. The summed E-state index contributed by atoms with van der Waals surface area (Å²) >= 11 is 0. The number of rotatable bonds is 1. The minimum atomic E-state index is 0.360. The molecule has 0 aliphatic heterocycles. The summed E-state index contributed by atoms with van der Waals surface area (Å²) in [4.78, 5) is 4.35. The van der Waals surface area contributed by atoms with Gasteiger partial charge in [-0.15, -0.1) is 0 Å². The minimum absolute atomic E-state index is 0.360. The molecular weight excluding hydrogens is 164 g/mol. The van der Waals surface area contributed by atoms with Crippen LogP contribution in [0.2, 0.25) is 0 Å². The van der Waals surface area contributed by atoms with E-state index in [4.69, 9.17) is 11.6 Å². The molecular formula is C9H20N4. The summed E-state index contributed by atoms with van der Waals surface area (Å²) in [7, 11) is 0. The molecule has 0 bridgehead atoms. The molecule has 13 heavy (non-hydrogen) atoms. The van der Waals surface area contributed by atoms with Crippen LogP contribution in [0.3, 0.4) is 0 Å². The van der Waals surface area contributed by atoms with Gasteiger partial charge >= 0.3 is 0 Å². The maximum absolute atomic E-state index is 5.53. The van der Waals surface area contributed by atoms with Crippen molar-refractivity contribution in [3.63, 3.8) is 0 Å². The summed E-state index contributed by atoms with van der Waals surface area (Å²) in [6.07, 6.45) is 6.31. The van der Waals surface area contributed by atoms with E-state index in [-0.39, 0.29) is 0 Å². The smallest absolute Gasteiger partial charge is 0.203 e. The van der Waals surface area contributed by atoms with Crippen molar-refractivity contribution in [3.8, 4) is 0 Å². The largest absolute Gasteiger partial charge is 0.369 e. The molecule has 0 aromatic carbocycles. The highest BCUT2D eigenvalue weighted by Crippen LogP contribution is 2.25. The number of aliphatic imine (C=N–C) groups is 1. The van der Waals surface area contributed by atoms with Crippen molar-refractivity contribution in [1.82, 2.24) is 5.43 Å². The molecule has 1 aliphatic rings. The average molecular weight is 184 g/mol. The SMILES string of the molecule is CC1CCCCCC1N=C(N)NN. The Hall–Kier alpha value is -0.770. The third-order valence-electron chi connectivity index (χ3n) is 2.77. The van der Waals surface area contributed by atoms with E-state index in [2.05, 4.69) is 17.3 Å². The van der Waals surface area contributed by atoms with Gasteiger partial charge in [0, 0.05) is 0 Å². The van der Waals surface area contributed by atoms with Gasteiger partial charge in [0.2, 0.25) is 5.96 Å². The van der Waals surface area contributed by atoms with Gasteiger partial charge in [-0.25, -0.2) is 10.8 Å². The van der Waals surface area contributed by atoms with E-state index >= 15 is 0 Å². The number of guanidine groups is 1. The van der Waals surface area contributed by atoms with Gasteiger partial charge < -0.3 is 5.73 Å². The Balaban J connectivity index is 2.54. The van der Waals surface area contributed by atoms with Crippen molar-refractivity contribution in [2.45, 2.75) is 45.1 Å². The minimum Gasteiger partial charge on any atom is -0.369 e. The third kappa shape index (κ3) is 3.22. The first-order valence-electron chi connectivity index (χ1n) is 5.04. The van der Waals surface area contributed by atoms with Crippen LogP contribution < -0.4 is 17.0 Å². The highest BCUT2D eigenvalue weighted by atomic mass is 15.3. The molecule has 0 radical (unpaired) electrons. The number of hydrogen-bond donors (Lipinski definition) is 3. The van der Waals surface area contributed by atoms with Gasteiger partial charge in [0.1, 0.15) is 0 Å². The third-order valence-corrected chi connectivity index (χ3v) is 2.77. The molecule has 1 fully saturated rings. The molecule has 0 aromatic heterocycles. The van der Waals surface area contributed by atoms with Gasteiger partial charge in [-0.05, 0) is 18.8 Å². The van der Waals surface area contributed by atoms with Crippen LogP contribution in [0.15, 0.2) is 4.99 Å². The lowest BCUT2D eigenvalue weighted by molar-refractivity contribution is 0.433. The topological polar surface area (TPSA) is 76.4 Å². The normalized spacial score (nSPS) is 31.1. The first kappa shape index (κ1) is 10.3. The van der Waals surface area contributed by atoms with Crippen molar-refractivity contribution >= 4 is 5.96 Å². The number of hydrazine groups is 1. The molecule has 0 aromatic rings. The standard InChI is InChI=1S/C9H20N4/c1-7-5-3-2-4-6-8(7)12-9(10)13-11/h7-8H,2-6,11H2,1H3,(H3,10,12,13). The molecule has 2 unspecified atom stereocenters. The summed E-state index contributed by atoms with van der Waals surface area (Å²) in [5, 5.41) is 0. The first-order valence-corrected chi connectivity index (χ1v) is 5.04. The average Bonchev–Trinajstić information content (AvgIpc) is 2.32. The first-order chi connectivity index (χ1) is 6.24. The predicted molar refractivity (Wildman–Crippen MR) is 55.0 cm³/mol. The maximum atomic E-state index is 5.53. The quantitative estimate of drug-likeness (QED) is 0.185. The van der Waals surface area contributed by atoms with E-state index in [0.717, 1.165) is 6.42 Å². The predicted octanol–water partition coefficient (Wildman–Crippen LogP) is 0.733. The van der Waals surface area contributed by atoms with Gasteiger partial charge in [-0.2, -0.15) is 0 Å². The Labute approximate surface area is 79.7 Å². The van der Waals surface area contributed by atoms with Gasteiger partial charge in [0.15, 0.2) is 0 Å². The fraction of sp³-hybridized carbons (Fsp3) is 0.889. The van der Waals surface area contributed by atoms with Crippen molar-refractivity contribution in [1.29, 1.82) is 0 Å². The highest BCUT2D eigenvalue weighted by molar-refractivity contribution is 5.77. The summed E-state index contributed by atoms with van der Waals surface area (Å²) < 4.78 is 0. The monoisotopic (exact) mass is 184 g/mol. The second kappa shape index (κ2) is 5.07. The van der Waals surface area contributed by atoms with E-state index in [1.54, 1.807) is 0 Å². The summed E-state index contributed by atoms with van der Waals surface area (Å²) in [6, 6.07) is 0.360. The molecule has 1 saturated carbocycles. The Morgan fingerprint density at radius 3 is 2.69 bits per heavy atom. The zero-order valence-corrected chi connectivity index (χ0v) is 8.29. The van der Waals surface area contributed by atoms with E-state index in [1.165, 1.54) is 25.7 Å². The van der Waals surface area contributed by atoms with Crippen LogP contribution >= 0.6 is 0 Å². The lowest BCUT2D eigenvalue weighted by atomic mass is 9.98. The van der Waals surface area contributed by atoms with Crippen LogP contribution in [0, 0.1) is 5.92 Å². The zero-order chi connectivity index (χ0) is 9.68. The van der Waals surface area contributed by atoms with E-state index in [9.17, 15) is 0 Å². The Morgan fingerprint density at radius 1 is 1.31 bits per heavy atom. The maximum Gasteiger partial charge on any atom is 0.203 e. The fourth-order valence-electron chi connectivity index (χ4n) is 1.88. The van der Waals surface area contributed by atoms with Crippen molar-refractivity contribution < 1.29 is 0 Å². The van der Waals surface area contributed by atoms with Crippen molar-refractivity contribution in [2.24, 2.45) is 22.5 Å². The summed E-state index contributed by atoms with van der Waals surface area (Å²) in [6.45, 7) is 2.24. The lowest BCUT2D eigenvalue weighted by Gasteiger charge is -2.17. The summed E-state index contributed by atoms with van der Waals surface area (Å²) in [5.74, 6) is 6.16. The molecule has 0 saturated heterocycles. The Bertz CT molecular complexity index is 178. The number of hydrogen-bond acceptors (Lipinski definition) is 2. The summed E-state index contributed by atoms with van der Waals surface area (Å²) in [5.41, 5.74) is 7.91. The Morgan fingerprint density at radius 2 is 2.00 bits per heavy atom. The van der Waals surface area contributed by atoms with Gasteiger partial charge in [-0.1, -0.05) is 26.2 Å². The molecule has 4 heteroatoms. The van der Waals surface area contributed by atoms with Crippen molar-refractivity contribution in [3.05, 3.63) is 0 Å². The van der Waals surface area contributed by atoms with Gasteiger partial charge in [0.05, 0.1) is 6.04 Å². The molecule has 76 valence electrons. The van der Waals surface area contributed by atoms with Crippen molar-refractivity contribution in [2.75, 3.05) is 0 Å². The molecule has 2 atom stereocenters. The number of nitrogens with zero attached hydrogens (tertiary/aromatic N) is 1. The van der Waals surface area contributed by atoms with Crippen LogP contribution in [0.4, 0.5) is 0 Å². The zero-order valence-electron chi connectivity index (χ0n) is 8.29. The second-order valence-electron chi connectivity index (χ2n) is 3.84. The molecule has 5 N–H and O–H groups in total. The van der Waals surface area contributed by atoms with Gasteiger partial charge in [0.25, 0.3) is 0 Å². The van der Waals surface area contributed by atoms with Crippen LogP contribution in [0.25, 0.3) is 0 Å². The van der Waals surface area contributed by atoms with Crippen LogP contribution in [0.5, 0.6) is 0 Å².